The highest BCUT2D eigenvalue weighted by Crippen LogP contribution is 2.32. The van der Waals surface area contributed by atoms with Crippen LogP contribution in [-0.2, 0) is 6.42 Å². The Labute approximate surface area is 108 Å². The lowest BCUT2D eigenvalue weighted by Crippen LogP contribution is -2.23. The standard InChI is InChI=1S/C16H18N2/c1-12(15-8-4-5-11-17-15)18-16-10-9-13-6-2-3-7-14(13)16/h2-8,11-12,16,18H,9-10H2,1H3/t12-,16?/m0/s1. The van der Waals surface area contributed by atoms with Crippen molar-refractivity contribution in [1.82, 2.24) is 10.3 Å². The molecule has 1 N–H and O–H groups in total. The van der Waals surface area contributed by atoms with Gasteiger partial charge in [0.15, 0.2) is 0 Å². The summed E-state index contributed by atoms with van der Waals surface area (Å²) in [5, 5.41) is 3.69. The van der Waals surface area contributed by atoms with E-state index in [9.17, 15) is 0 Å². The van der Waals surface area contributed by atoms with Crippen molar-refractivity contribution in [3.63, 3.8) is 0 Å². The van der Waals surface area contributed by atoms with Crippen LogP contribution in [0.5, 0.6) is 0 Å². The molecule has 0 saturated heterocycles. The summed E-state index contributed by atoms with van der Waals surface area (Å²) in [6, 6.07) is 15.6. The third kappa shape index (κ3) is 2.16. The SMILES string of the molecule is C[C@H](NC1CCc2ccccc21)c1ccccn1. The summed E-state index contributed by atoms with van der Waals surface area (Å²) in [5.41, 5.74) is 4.06. The fourth-order valence-electron chi connectivity index (χ4n) is 2.75. The zero-order valence-electron chi connectivity index (χ0n) is 10.6. The lowest BCUT2D eigenvalue weighted by Gasteiger charge is -2.20. The van der Waals surface area contributed by atoms with E-state index in [1.54, 1.807) is 0 Å². The summed E-state index contributed by atoms with van der Waals surface area (Å²) < 4.78 is 0. The summed E-state index contributed by atoms with van der Waals surface area (Å²) in [7, 11) is 0. The molecule has 2 heteroatoms. The molecule has 3 rings (SSSR count). The first-order valence-electron chi connectivity index (χ1n) is 6.59. The molecular weight excluding hydrogens is 220 g/mol. The van der Waals surface area contributed by atoms with Gasteiger partial charge in [0, 0.05) is 18.3 Å². The molecule has 1 unspecified atom stereocenters. The zero-order valence-corrected chi connectivity index (χ0v) is 10.6. The predicted molar refractivity (Wildman–Crippen MR) is 73.3 cm³/mol. The van der Waals surface area contributed by atoms with Gasteiger partial charge < -0.3 is 5.32 Å². The molecule has 2 nitrogen and oxygen atoms in total. The van der Waals surface area contributed by atoms with E-state index in [-0.39, 0.29) is 0 Å². The van der Waals surface area contributed by atoms with Gasteiger partial charge in [0.05, 0.1) is 5.69 Å². The molecule has 2 aromatic rings. The summed E-state index contributed by atoms with van der Waals surface area (Å²) >= 11 is 0. The van der Waals surface area contributed by atoms with Crippen molar-refractivity contribution < 1.29 is 0 Å². The summed E-state index contributed by atoms with van der Waals surface area (Å²) in [5.74, 6) is 0. The van der Waals surface area contributed by atoms with Gasteiger partial charge in [-0.25, -0.2) is 0 Å². The molecule has 1 aliphatic carbocycles. The minimum absolute atomic E-state index is 0.294. The highest BCUT2D eigenvalue weighted by atomic mass is 15.0. The molecule has 1 aromatic carbocycles. The summed E-state index contributed by atoms with van der Waals surface area (Å²) in [6.45, 7) is 2.18. The molecule has 0 radical (unpaired) electrons. The zero-order chi connectivity index (χ0) is 12.4. The third-order valence-electron chi connectivity index (χ3n) is 3.72. The average molecular weight is 238 g/mol. The van der Waals surface area contributed by atoms with Gasteiger partial charge in [-0.05, 0) is 43.0 Å². The van der Waals surface area contributed by atoms with E-state index in [2.05, 4.69) is 47.6 Å². The van der Waals surface area contributed by atoms with E-state index < -0.39 is 0 Å². The number of fused-ring (bicyclic) bond motifs is 1. The number of hydrogen-bond donors (Lipinski definition) is 1. The molecule has 0 bridgehead atoms. The second kappa shape index (κ2) is 4.91. The molecular formula is C16H18N2. The van der Waals surface area contributed by atoms with Gasteiger partial charge in [-0.1, -0.05) is 30.3 Å². The fourth-order valence-corrected chi connectivity index (χ4v) is 2.75. The first-order chi connectivity index (χ1) is 8.84. The van der Waals surface area contributed by atoms with E-state index in [0.29, 0.717) is 12.1 Å². The van der Waals surface area contributed by atoms with Gasteiger partial charge in [0.2, 0.25) is 0 Å². The highest BCUT2D eigenvalue weighted by molar-refractivity contribution is 5.34. The van der Waals surface area contributed by atoms with Crippen molar-refractivity contribution in [2.45, 2.75) is 31.8 Å². The average Bonchev–Trinajstić information content (AvgIpc) is 2.83. The summed E-state index contributed by atoms with van der Waals surface area (Å²) in [6.07, 6.45) is 4.23. The maximum absolute atomic E-state index is 4.41. The number of benzene rings is 1. The Morgan fingerprint density at radius 2 is 2.00 bits per heavy atom. The molecule has 1 aliphatic rings. The lowest BCUT2D eigenvalue weighted by molar-refractivity contribution is 0.458. The Bertz CT molecular complexity index is 522. The molecule has 1 heterocycles. The Morgan fingerprint density at radius 1 is 1.17 bits per heavy atom. The van der Waals surface area contributed by atoms with Crippen molar-refractivity contribution in [3.8, 4) is 0 Å². The number of rotatable bonds is 3. The quantitative estimate of drug-likeness (QED) is 0.886. The minimum atomic E-state index is 0.294. The van der Waals surface area contributed by atoms with Gasteiger partial charge in [0.1, 0.15) is 0 Å². The van der Waals surface area contributed by atoms with Crippen molar-refractivity contribution >= 4 is 0 Å². The van der Waals surface area contributed by atoms with E-state index in [1.807, 2.05) is 18.3 Å². The molecule has 18 heavy (non-hydrogen) atoms. The van der Waals surface area contributed by atoms with Crippen molar-refractivity contribution in [2.24, 2.45) is 0 Å². The lowest BCUT2D eigenvalue weighted by atomic mass is 10.1. The van der Waals surface area contributed by atoms with Gasteiger partial charge in [-0.15, -0.1) is 0 Å². The molecule has 0 spiro atoms. The van der Waals surface area contributed by atoms with E-state index in [4.69, 9.17) is 0 Å². The van der Waals surface area contributed by atoms with E-state index >= 15 is 0 Å². The number of pyridine rings is 1. The first-order valence-corrected chi connectivity index (χ1v) is 6.59. The molecule has 0 fully saturated rings. The molecule has 92 valence electrons. The third-order valence-corrected chi connectivity index (χ3v) is 3.72. The summed E-state index contributed by atoms with van der Waals surface area (Å²) in [4.78, 5) is 4.41. The van der Waals surface area contributed by atoms with E-state index in [0.717, 1.165) is 5.69 Å². The number of nitrogens with zero attached hydrogens (tertiary/aromatic N) is 1. The highest BCUT2D eigenvalue weighted by Gasteiger charge is 2.23. The van der Waals surface area contributed by atoms with Crippen molar-refractivity contribution in [1.29, 1.82) is 0 Å². The Morgan fingerprint density at radius 3 is 2.83 bits per heavy atom. The number of aromatic nitrogens is 1. The van der Waals surface area contributed by atoms with Crippen LogP contribution in [0.4, 0.5) is 0 Å². The van der Waals surface area contributed by atoms with Crippen LogP contribution in [0.25, 0.3) is 0 Å². The Kier molecular flexibility index (Phi) is 3.11. The van der Waals surface area contributed by atoms with Crippen LogP contribution in [0.1, 0.15) is 42.2 Å². The van der Waals surface area contributed by atoms with Gasteiger partial charge in [-0.2, -0.15) is 0 Å². The van der Waals surface area contributed by atoms with E-state index in [1.165, 1.54) is 24.0 Å². The predicted octanol–water partition coefficient (Wildman–Crippen LogP) is 3.42. The molecule has 0 aliphatic heterocycles. The smallest absolute Gasteiger partial charge is 0.0570 e. The van der Waals surface area contributed by atoms with Gasteiger partial charge >= 0.3 is 0 Å². The first kappa shape index (κ1) is 11.4. The monoisotopic (exact) mass is 238 g/mol. The van der Waals surface area contributed by atoms with Crippen LogP contribution in [0.15, 0.2) is 48.7 Å². The van der Waals surface area contributed by atoms with Crippen LogP contribution < -0.4 is 5.32 Å². The largest absolute Gasteiger partial charge is 0.302 e. The van der Waals surface area contributed by atoms with Gasteiger partial charge in [0.25, 0.3) is 0 Å². The van der Waals surface area contributed by atoms with Crippen molar-refractivity contribution in [2.75, 3.05) is 0 Å². The van der Waals surface area contributed by atoms with Crippen molar-refractivity contribution in [3.05, 3.63) is 65.5 Å². The fraction of sp³-hybridized carbons (Fsp3) is 0.312. The second-order valence-corrected chi connectivity index (χ2v) is 4.93. The Hall–Kier alpha value is -1.67. The van der Waals surface area contributed by atoms with Crippen LogP contribution >= 0.6 is 0 Å². The van der Waals surface area contributed by atoms with Crippen LogP contribution in [0.2, 0.25) is 0 Å². The van der Waals surface area contributed by atoms with Gasteiger partial charge in [-0.3, -0.25) is 4.98 Å². The number of hydrogen-bond acceptors (Lipinski definition) is 2. The van der Waals surface area contributed by atoms with Crippen LogP contribution in [0.3, 0.4) is 0 Å². The minimum Gasteiger partial charge on any atom is -0.302 e. The Balaban J connectivity index is 1.75. The maximum Gasteiger partial charge on any atom is 0.0570 e. The number of aryl methyl sites for hydroxylation is 1. The second-order valence-electron chi connectivity index (χ2n) is 4.93. The molecule has 2 atom stereocenters. The van der Waals surface area contributed by atoms with Crippen LogP contribution in [-0.4, -0.2) is 4.98 Å². The molecule has 0 amide bonds. The number of nitrogens with one attached hydrogen (secondary N) is 1. The molecule has 0 saturated carbocycles. The topological polar surface area (TPSA) is 24.9 Å². The molecule has 1 aromatic heterocycles. The normalized spacial score (nSPS) is 19.5. The van der Waals surface area contributed by atoms with Crippen LogP contribution in [0, 0.1) is 0 Å². The maximum atomic E-state index is 4.41.